The molecule has 0 amide bonds. The molecule has 5 heteroatoms. The molecule has 0 aromatic heterocycles. The van der Waals surface area contributed by atoms with E-state index in [2.05, 4.69) is 13.8 Å². The topological polar surface area (TPSA) is 44.8 Å². The Bertz CT molecular complexity index is 246. The van der Waals surface area contributed by atoms with Gasteiger partial charge in [-0.1, -0.05) is 58.8 Å². The predicted molar refractivity (Wildman–Crippen MR) is 84.0 cm³/mol. The van der Waals surface area contributed by atoms with Crippen molar-refractivity contribution in [1.82, 2.24) is 0 Å². The molecule has 0 aromatic rings. The molecule has 0 aliphatic heterocycles. The molecule has 0 saturated carbocycles. The SMILES string of the molecule is CCCCCCCOP(=O)(OCC)OCCCCCC. The van der Waals surface area contributed by atoms with Crippen molar-refractivity contribution >= 4 is 7.82 Å². The van der Waals surface area contributed by atoms with Gasteiger partial charge in [-0.05, 0) is 19.8 Å². The molecule has 0 heterocycles. The minimum absolute atomic E-state index is 0.349. The first-order valence-electron chi connectivity index (χ1n) is 8.22. The molecule has 1 atom stereocenters. The Kier molecular flexibility index (Phi) is 14.1. The van der Waals surface area contributed by atoms with Gasteiger partial charge in [-0.25, -0.2) is 4.57 Å². The standard InChI is InChI=1S/C15H33O4P/c1-4-7-9-11-13-15-19-20(16,17-6-3)18-14-12-10-8-5-2/h4-15H2,1-3H3. The summed E-state index contributed by atoms with van der Waals surface area (Å²) >= 11 is 0. The number of unbranched alkanes of at least 4 members (excludes halogenated alkanes) is 7. The first kappa shape index (κ1) is 20.1. The Morgan fingerprint density at radius 3 is 1.55 bits per heavy atom. The van der Waals surface area contributed by atoms with E-state index in [4.69, 9.17) is 13.6 Å². The molecule has 122 valence electrons. The fraction of sp³-hybridized carbons (Fsp3) is 1.00. The van der Waals surface area contributed by atoms with Crippen molar-refractivity contribution in [3.63, 3.8) is 0 Å². The number of rotatable bonds is 15. The molecular formula is C15H33O4P. The van der Waals surface area contributed by atoms with Crippen LogP contribution >= 0.6 is 7.82 Å². The zero-order valence-electron chi connectivity index (χ0n) is 13.6. The second-order valence-corrected chi connectivity index (χ2v) is 6.68. The van der Waals surface area contributed by atoms with Crippen LogP contribution < -0.4 is 0 Å². The third kappa shape index (κ3) is 11.9. The van der Waals surface area contributed by atoms with Crippen molar-refractivity contribution in [3.8, 4) is 0 Å². The summed E-state index contributed by atoms with van der Waals surface area (Å²) in [6, 6.07) is 0. The zero-order chi connectivity index (χ0) is 15.1. The number of hydrogen-bond donors (Lipinski definition) is 0. The molecular weight excluding hydrogens is 275 g/mol. The van der Waals surface area contributed by atoms with E-state index in [1.54, 1.807) is 6.92 Å². The van der Waals surface area contributed by atoms with Gasteiger partial charge in [0.1, 0.15) is 0 Å². The summed E-state index contributed by atoms with van der Waals surface area (Å²) < 4.78 is 28.2. The van der Waals surface area contributed by atoms with Crippen LogP contribution in [0.15, 0.2) is 0 Å². The van der Waals surface area contributed by atoms with Gasteiger partial charge in [0.15, 0.2) is 0 Å². The van der Waals surface area contributed by atoms with Crippen molar-refractivity contribution < 1.29 is 18.1 Å². The first-order valence-corrected chi connectivity index (χ1v) is 9.68. The zero-order valence-corrected chi connectivity index (χ0v) is 14.5. The summed E-state index contributed by atoms with van der Waals surface area (Å²) in [5.41, 5.74) is 0. The number of phosphoric acid groups is 1. The molecule has 0 rings (SSSR count). The van der Waals surface area contributed by atoms with E-state index in [0.717, 1.165) is 25.7 Å². The molecule has 1 unspecified atom stereocenters. The molecule has 0 saturated heterocycles. The highest BCUT2D eigenvalue weighted by atomic mass is 31.2. The highest BCUT2D eigenvalue weighted by Crippen LogP contribution is 2.49. The summed E-state index contributed by atoms with van der Waals surface area (Å²) in [7, 11) is -3.32. The fourth-order valence-electron chi connectivity index (χ4n) is 1.86. The average Bonchev–Trinajstić information content (AvgIpc) is 2.43. The molecule has 0 spiro atoms. The molecule has 0 fully saturated rings. The van der Waals surface area contributed by atoms with E-state index >= 15 is 0 Å². The largest absolute Gasteiger partial charge is 0.474 e. The maximum absolute atomic E-state index is 12.3. The van der Waals surface area contributed by atoms with Gasteiger partial charge in [-0.15, -0.1) is 0 Å². The van der Waals surface area contributed by atoms with Crippen LogP contribution in [0.25, 0.3) is 0 Å². The van der Waals surface area contributed by atoms with Crippen LogP contribution in [0.5, 0.6) is 0 Å². The van der Waals surface area contributed by atoms with Gasteiger partial charge in [0.05, 0.1) is 19.8 Å². The van der Waals surface area contributed by atoms with Crippen molar-refractivity contribution in [2.75, 3.05) is 19.8 Å². The van der Waals surface area contributed by atoms with E-state index < -0.39 is 7.82 Å². The van der Waals surface area contributed by atoms with Crippen LogP contribution in [0.2, 0.25) is 0 Å². The Balaban J connectivity index is 3.78. The normalized spacial score (nSPS) is 14.3. The minimum atomic E-state index is -3.32. The maximum Gasteiger partial charge on any atom is 0.474 e. The van der Waals surface area contributed by atoms with E-state index in [0.29, 0.717) is 19.8 Å². The maximum atomic E-state index is 12.3. The van der Waals surface area contributed by atoms with Crippen LogP contribution in [0.3, 0.4) is 0 Å². The lowest BCUT2D eigenvalue weighted by molar-refractivity contribution is 0.114. The van der Waals surface area contributed by atoms with Gasteiger partial charge in [0.2, 0.25) is 0 Å². The van der Waals surface area contributed by atoms with E-state index in [9.17, 15) is 4.57 Å². The predicted octanol–water partition coefficient (Wildman–Crippen LogP) is 5.71. The van der Waals surface area contributed by atoms with Crippen molar-refractivity contribution in [2.24, 2.45) is 0 Å². The second-order valence-electron chi connectivity index (χ2n) is 5.01. The molecule has 0 aliphatic carbocycles. The second kappa shape index (κ2) is 14.1. The summed E-state index contributed by atoms with van der Waals surface area (Å²) in [4.78, 5) is 0. The van der Waals surface area contributed by atoms with E-state index in [1.165, 1.54) is 32.1 Å². The molecule has 4 nitrogen and oxygen atoms in total. The van der Waals surface area contributed by atoms with Gasteiger partial charge >= 0.3 is 7.82 Å². The lowest BCUT2D eigenvalue weighted by Crippen LogP contribution is -2.03. The molecule has 0 radical (unpaired) electrons. The monoisotopic (exact) mass is 308 g/mol. The van der Waals surface area contributed by atoms with Gasteiger partial charge < -0.3 is 0 Å². The lowest BCUT2D eigenvalue weighted by atomic mass is 10.2. The van der Waals surface area contributed by atoms with Gasteiger partial charge in [-0.2, -0.15) is 0 Å². The highest BCUT2D eigenvalue weighted by molar-refractivity contribution is 7.48. The Labute approximate surface area is 125 Å². The number of hydrogen-bond acceptors (Lipinski definition) is 4. The molecule has 0 aromatic carbocycles. The summed E-state index contributed by atoms with van der Waals surface area (Å²) in [6.45, 7) is 7.41. The van der Waals surface area contributed by atoms with Crippen LogP contribution in [0.1, 0.15) is 78.6 Å². The van der Waals surface area contributed by atoms with Crippen LogP contribution in [-0.4, -0.2) is 19.8 Å². The highest BCUT2D eigenvalue weighted by Gasteiger charge is 2.25. The molecule has 0 aliphatic rings. The van der Waals surface area contributed by atoms with Gasteiger partial charge in [-0.3, -0.25) is 13.6 Å². The lowest BCUT2D eigenvalue weighted by Gasteiger charge is -2.17. The first-order chi connectivity index (χ1) is 9.68. The van der Waals surface area contributed by atoms with Gasteiger partial charge in [0.25, 0.3) is 0 Å². The van der Waals surface area contributed by atoms with Crippen molar-refractivity contribution in [1.29, 1.82) is 0 Å². The summed E-state index contributed by atoms with van der Waals surface area (Å²) in [5, 5.41) is 0. The third-order valence-corrected chi connectivity index (χ3v) is 4.60. The van der Waals surface area contributed by atoms with Crippen molar-refractivity contribution in [2.45, 2.75) is 78.6 Å². The van der Waals surface area contributed by atoms with Gasteiger partial charge in [0, 0.05) is 0 Å². The van der Waals surface area contributed by atoms with Crippen LogP contribution in [-0.2, 0) is 18.1 Å². The summed E-state index contributed by atoms with van der Waals surface area (Å²) in [5.74, 6) is 0. The smallest absolute Gasteiger partial charge is 0.287 e. The third-order valence-electron chi connectivity index (χ3n) is 3.03. The minimum Gasteiger partial charge on any atom is -0.287 e. The quantitative estimate of drug-likeness (QED) is 0.287. The Morgan fingerprint density at radius 1 is 0.650 bits per heavy atom. The average molecular weight is 308 g/mol. The van der Waals surface area contributed by atoms with E-state index in [1.807, 2.05) is 0 Å². The molecule has 20 heavy (non-hydrogen) atoms. The van der Waals surface area contributed by atoms with Crippen LogP contribution in [0.4, 0.5) is 0 Å². The number of phosphoric ester groups is 1. The van der Waals surface area contributed by atoms with Crippen LogP contribution in [0, 0.1) is 0 Å². The Hall–Kier alpha value is 0.110. The van der Waals surface area contributed by atoms with E-state index in [-0.39, 0.29) is 0 Å². The molecule has 0 bridgehead atoms. The summed E-state index contributed by atoms with van der Waals surface area (Å²) in [6.07, 6.45) is 10.1. The Morgan fingerprint density at radius 2 is 1.10 bits per heavy atom. The van der Waals surface area contributed by atoms with Crippen molar-refractivity contribution in [3.05, 3.63) is 0 Å². The fourth-order valence-corrected chi connectivity index (χ4v) is 3.10. The molecule has 0 N–H and O–H groups in total.